The topological polar surface area (TPSA) is 58.0 Å². The summed E-state index contributed by atoms with van der Waals surface area (Å²) in [4.78, 5) is 2.69. The maximum atomic E-state index is 12.7. The van der Waals surface area contributed by atoms with Crippen LogP contribution in [0.4, 0.5) is 10.1 Å². The van der Waals surface area contributed by atoms with E-state index in [-0.39, 0.29) is 5.82 Å². The van der Waals surface area contributed by atoms with E-state index in [1.165, 1.54) is 12.1 Å². The zero-order valence-corrected chi connectivity index (χ0v) is 9.45. The Hall–Kier alpha value is -2.52. The van der Waals surface area contributed by atoms with Gasteiger partial charge in [-0.25, -0.2) is 4.39 Å². The SMILES string of the molecule is [N-]=[N+]=Nc1ccc(OCc2ccc(F)cc2)cc1. The van der Waals surface area contributed by atoms with Gasteiger partial charge in [0.15, 0.2) is 0 Å². The van der Waals surface area contributed by atoms with Crippen molar-refractivity contribution in [3.63, 3.8) is 0 Å². The summed E-state index contributed by atoms with van der Waals surface area (Å²) in [6.45, 7) is 0.362. The molecule has 0 atom stereocenters. The van der Waals surface area contributed by atoms with Gasteiger partial charge in [-0.15, -0.1) is 0 Å². The second kappa shape index (κ2) is 5.70. The van der Waals surface area contributed by atoms with Crippen molar-refractivity contribution in [3.8, 4) is 5.75 Å². The summed E-state index contributed by atoms with van der Waals surface area (Å²) in [5, 5.41) is 3.46. The molecule has 4 nitrogen and oxygen atoms in total. The Balaban J connectivity index is 1.97. The fourth-order valence-corrected chi connectivity index (χ4v) is 1.41. The van der Waals surface area contributed by atoms with Gasteiger partial charge < -0.3 is 4.74 Å². The zero-order valence-electron chi connectivity index (χ0n) is 9.45. The second-order valence-electron chi connectivity index (χ2n) is 3.60. The molecular formula is C13H10FN3O. The van der Waals surface area contributed by atoms with E-state index < -0.39 is 0 Å². The molecule has 0 radical (unpaired) electrons. The quantitative estimate of drug-likeness (QED) is 0.447. The minimum Gasteiger partial charge on any atom is -0.489 e. The molecule has 0 amide bonds. The number of nitrogens with zero attached hydrogens (tertiary/aromatic N) is 3. The van der Waals surface area contributed by atoms with Crippen molar-refractivity contribution in [2.75, 3.05) is 0 Å². The van der Waals surface area contributed by atoms with Crippen molar-refractivity contribution < 1.29 is 9.13 Å². The fraction of sp³-hybridized carbons (Fsp3) is 0.0769. The van der Waals surface area contributed by atoms with Gasteiger partial charge in [0.25, 0.3) is 0 Å². The van der Waals surface area contributed by atoms with Gasteiger partial charge in [0.2, 0.25) is 0 Å². The molecule has 0 bridgehead atoms. The summed E-state index contributed by atoms with van der Waals surface area (Å²) in [5.74, 6) is 0.397. The van der Waals surface area contributed by atoms with Crippen molar-refractivity contribution in [2.24, 2.45) is 5.11 Å². The molecule has 0 N–H and O–H groups in total. The maximum Gasteiger partial charge on any atom is 0.123 e. The van der Waals surface area contributed by atoms with E-state index in [1.54, 1.807) is 36.4 Å². The minimum atomic E-state index is -0.266. The third-order valence-corrected chi connectivity index (χ3v) is 2.32. The second-order valence-corrected chi connectivity index (χ2v) is 3.60. The van der Waals surface area contributed by atoms with E-state index in [9.17, 15) is 4.39 Å². The van der Waals surface area contributed by atoms with E-state index in [2.05, 4.69) is 10.0 Å². The van der Waals surface area contributed by atoms with Gasteiger partial charge in [-0.2, -0.15) is 0 Å². The highest BCUT2D eigenvalue weighted by atomic mass is 19.1. The Morgan fingerprint density at radius 1 is 1.06 bits per heavy atom. The van der Waals surface area contributed by atoms with Crippen LogP contribution in [0.2, 0.25) is 0 Å². The largest absolute Gasteiger partial charge is 0.489 e. The van der Waals surface area contributed by atoms with Gasteiger partial charge in [0.1, 0.15) is 18.2 Å². The average Bonchev–Trinajstić information content (AvgIpc) is 2.40. The van der Waals surface area contributed by atoms with Crippen molar-refractivity contribution in [2.45, 2.75) is 6.61 Å². The lowest BCUT2D eigenvalue weighted by Gasteiger charge is -2.06. The van der Waals surface area contributed by atoms with Crippen LogP contribution in [0.25, 0.3) is 10.4 Å². The van der Waals surface area contributed by atoms with E-state index >= 15 is 0 Å². The predicted molar refractivity (Wildman–Crippen MR) is 66.0 cm³/mol. The first-order valence-corrected chi connectivity index (χ1v) is 5.30. The number of hydrogen-bond acceptors (Lipinski definition) is 2. The molecule has 0 fully saturated rings. The van der Waals surface area contributed by atoms with E-state index in [1.807, 2.05) is 0 Å². The minimum absolute atomic E-state index is 0.266. The number of rotatable bonds is 4. The van der Waals surface area contributed by atoms with Crippen LogP contribution in [-0.4, -0.2) is 0 Å². The van der Waals surface area contributed by atoms with Crippen LogP contribution in [0.15, 0.2) is 53.6 Å². The van der Waals surface area contributed by atoms with Crippen LogP contribution < -0.4 is 4.74 Å². The van der Waals surface area contributed by atoms with Crippen LogP contribution in [0.1, 0.15) is 5.56 Å². The number of azide groups is 1. The Morgan fingerprint density at radius 3 is 2.33 bits per heavy atom. The van der Waals surface area contributed by atoms with Gasteiger partial charge in [0, 0.05) is 10.6 Å². The first-order chi connectivity index (χ1) is 8.78. The Morgan fingerprint density at radius 2 is 1.72 bits per heavy atom. The number of hydrogen-bond donors (Lipinski definition) is 0. The molecule has 0 unspecified atom stereocenters. The fourth-order valence-electron chi connectivity index (χ4n) is 1.41. The smallest absolute Gasteiger partial charge is 0.123 e. The molecule has 0 aliphatic rings. The molecule has 0 aromatic heterocycles. The Labute approximate surface area is 103 Å². The Kier molecular flexibility index (Phi) is 3.79. The summed E-state index contributed by atoms with van der Waals surface area (Å²) in [7, 11) is 0. The predicted octanol–water partition coefficient (Wildman–Crippen LogP) is 4.35. The number of ether oxygens (including phenoxy) is 1. The highest BCUT2D eigenvalue weighted by molar-refractivity contribution is 5.41. The Bertz CT molecular complexity index is 560. The van der Waals surface area contributed by atoms with Crippen LogP contribution in [0, 0.1) is 5.82 Å². The molecule has 0 saturated carbocycles. The van der Waals surface area contributed by atoms with Crippen LogP contribution in [0.3, 0.4) is 0 Å². The van der Waals surface area contributed by atoms with Crippen LogP contribution in [-0.2, 0) is 6.61 Å². The van der Waals surface area contributed by atoms with E-state index in [0.717, 1.165) is 5.56 Å². The molecule has 2 aromatic rings. The molecule has 2 rings (SSSR count). The lowest BCUT2D eigenvalue weighted by Crippen LogP contribution is -1.94. The summed E-state index contributed by atoms with van der Waals surface area (Å²) >= 11 is 0. The van der Waals surface area contributed by atoms with Crippen molar-refractivity contribution in [3.05, 3.63) is 70.4 Å². The lowest BCUT2D eigenvalue weighted by atomic mass is 10.2. The molecule has 0 aliphatic heterocycles. The van der Waals surface area contributed by atoms with Crippen LogP contribution in [0.5, 0.6) is 5.75 Å². The first-order valence-electron chi connectivity index (χ1n) is 5.30. The number of benzene rings is 2. The van der Waals surface area contributed by atoms with E-state index in [0.29, 0.717) is 18.0 Å². The highest BCUT2D eigenvalue weighted by Crippen LogP contribution is 2.19. The normalized spacial score (nSPS) is 9.61. The van der Waals surface area contributed by atoms with Gasteiger partial charge >= 0.3 is 0 Å². The molecule has 0 spiro atoms. The van der Waals surface area contributed by atoms with Gasteiger partial charge in [-0.05, 0) is 47.5 Å². The molecule has 90 valence electrons. The maximum absolute atomic E-state index is 12.7. The molecule has 0 aliphatic carbocycles. The van der Waals surface area contributed by atoms with Gasteiger partial charge in [-0.1, -0.05) is 17.2 Å². The zero-order chi connectivity index (χ0) is 12.8. The van der Waals surface area contributed by atoms with Gasteiger partial charge in [0.05, 0.1) is 0 Å². The summed E-state index contributed by atoms with van der Waals surface area (Å²) < 4.78 is 18.2. The third-order valence-electron chi connectivity index (χ3n) is 2.32. The first kappa shape index (κ1) is 12.0. The third kappa shape index (κ3) is 3.23. The molecule has 0 heterocycles. The van der Waals surface area contributed by atoms with Gasteiger partial charge in [-0.3, -0.25) is 0 Å². The standard InChI is InChI=1S/C13H10FN3O/c14-11-3-1-10(2-4-11)9-18-13-7-5-12(6-8-13)16-17-15/h1-8H,9H2. The molecule has 5 heteroatoms. The van der Waals surface area contributed by atoms with Crippen molar-refractivity contribution in [1.29, 1.82) is 0 Å². The highest BCUT2D eigenvalue weighted by Gasteiger charge is 1.97. The lowest BCUT2D eigenvalue weighted by molar-refractivity contribution is 0.306. The summed E-state index contributed by atoms with van der Waals surface area (Å²) in [5.41, 5.74) is 9.68. The molecule has 0 saturated heterocycles. The summed E-state index contributed by atoms with van der Waals surface area (Å²) in [6, 6.07) is 12.9. The summed E-state index contributed by atoms with van der Waals surface area (Å²) in [6.07, 6.45) is 0. The van der Waals surface area contributed by atoms with Crippen molar-refractivity contribution in [1.82, 2.24) is 0 Å². The van der Waals surface area contributed by atoms with Crippen LogP contribution >= 0.6 is 0 Å². The molecule has 2 aromatic carbocycles. The molecular weight excluding hydrogens is 233 g/mol. The monoisotopic (exact) mass is 243 g/mol. The molecule has 18 heavy (non-hydrogen) atoms. The average molecular weight is 243 g/mol. The number of halogens is 1. The van der Waals surface area contributed by atoms with Crippen molar-refractivity contribution >= 4 is 5.69 Å². The van der Waals surface area contributed by atoms with E-state index in [4.69, 9.17) is 10.3 Å².